The Morgan fingerprint density at radius 3 is 2.71 bits per heavy atom. The molecule has 1 unspecified atom stereocenters. The molecule has 3 nitrogen and oxygen atoms in total. The van der Waals surface area contributed by atoms with Gasteiger partial charge in [0, 0.05) is 10.2 Å². The van der Waals surface area contributed by atoms with Gasteiger partial charge in [0.15, 0.2) is 0 Å². The molecule has 1 atom stereocenters. The SMILES string of the molecule is CCOC(=O)C(CC1CCCCC1)Nc1ccccc1Br. The molecule has 0 amide bonds. The van der Waals surface area contributed by atoms with Gasteiger partial charge in [-0.25, -0.2) is 4.79 Å². The molecule has 1 aliphatic rings. The number of halogens is 1. The highest BCUT2D eigenvalue weighted by molar-refractivity contribution is 9.10. The third-order valence-electron chi connectivity index (χ3n) is 4.07. The molecular weight excluding hydrogens is 330 g/mol. The van der Waals surface area contributed by atoms with Crippen LogP contribution in [0.3, 0.4) is 0 Å². The van der Waals surface area contributed by atoms with Crippen LogP contribution in [-0.4, -0.2) is 18.6 Å². The average molecular weight is 354 g/mol. The van der Waals surface area contributed by atoms with Crippen molar-refractivity contribution in [2.24, 2.45) is 5.92 Å². The fraction of sp³-hybridized carbons (Fsp3) is 0.588. The number of nitrogens with one attached hydrogen (secondary N) is 1. The summed E-state index contributed by atoms with van der Waals surface area (Å²) in [5.74, 6) is 0.488. The Balaban J connectivity index is 2.04. The average Bonchev–Trinajstić information content (AvgIpc) is 2.50. The molecule has 0 aromatic heterocycles. The maximum Gasteiger partial charge on any atom is 0.328 e. The number of carbonyl (C=O) groups excluding carboxylic acids is 1. The summed E-state index contributed by atoms with van der Waals surface area (Å²) in [5.41, 5.74) is 0.950. The number of carbonyl (C=O) groups is 1. The van der Waals surface area contributed by atoms with Crippen molar-refractivity contribution in [1.29, 1.82) is 0 Å². The lowest BCUT2D eigenvalue weighted by molar-refractivity contribution is -0.144. The molecule has 0 aliphatic heterocycles. The second-order valence-electron chi connectivity index (χ2n) is 5.67. The minimum atomic E-state index is -0.258. The van der Waals surface area contributed by atoms with E-state index in [2.05, 4.69) is 21.2 Å². The summed E-state index contributed by atoms with van der Waals surface area (Å²) in [6, 6.07) is 7.64. The van der Waals surface area contributed by atoms with Gasteiger partial charge < -0.3 is 10.1 Å². The highest BCUT2D eigenvalue weighted by atomic mass is 79.9. The van der Waals surface area contributed by atoms with Crippen LogP contribution >= 0.6 is 15.9 Å². The van der Waals surface area contributed by atoms with E-state index in [0.717, 1.165) is 16.6 Å². The Hall–Kier alpha value is -1.03. The molecule has 21 heavy (non-hydrogen) atoms. The first-order valence-electron chi connectivity index (χ1n) is 7.88. The monoisotopic (exact) mass is 353 g/mol. The van der Waals surface area contributed by atoms with Crippen molar-refractivity contribution >= 4 is 27.6 Å². The van der Waals surface area contributed by atoms with E-state index in [-0.39, 0.29) is 12.0 Å². The summed E-state index contributed by atoms with van der Waals surface area (Å²) in [6.07, 6.45) is 7.23. The topological polar surface area (TPSA) is 38.3 Å². The standard InChI is InChI=1S/C17H24BrNO2/c1-2-21-17(20)16(12-13-8-4-3-5-9-13)19-15-11-7-6-10-14(15)18/h6-7,10-11,13,16,19H,2-5,8-9,12H2,1H3. The third-order valence-corrected chi connectivity index (χ3v) is 4.76. The van der Waals surface area contributed by atoms with Crippen LogP contribution in [0.1, 0.15) is 45.4 Å². The van der Waals surface area contributed by atoms with E-state index < -0.39 is 0 Å². The summed E-state index contributed by atoms with van der Waals surface area (Å²) in [7, 11) is 0. The molecule has 2 rings (SSSR count). The van der Waals surface area contributed by atoms with Gasteiger partial charge in [0.2, 0.25) is 0 Å². The van der Waals surface area contributed by atoms with Crippen molar-refractivity contribution in [3.05, 3.63) is 28.7 Å². The van der Waals surface area contributed by atoms with Crippen LogP contribution in [0.25, 0.3) is 0 Å². The maximum atomic E-state index is 12.2. The van der Waals surface area contributed by atoms with Crippen molar-refractivity contribution in [2.75, 3.05) is 11.9 Å². The second-order valence-corrected chi connectivity index (χ2v) is 6.52. The number of hydrogen-bond acceptors (Lipinski definition) is 3. The van der Waals surface area contributed by atoms with Crippen LogP contribution in [0.2, 0.25) is 0 Å². The quantitative estimate of drug-likeness (QED) is 0.749. The van der Waals surface area contributed by atoms with Crippen LogP contribution in [0, 0.1) is 5.92 Å². The van der Waals surface area contributed by atoms with Crippen LogP contribution in [0.5, 0.6) is 0 Å². The van der Waals surface area contributed by atoms with Crippen LogP contribution in [-0.2, 0) is 9.53 Å². The molecule has 0 heterocycles. The summed E-state index contributed by atoms with van der Waals surface area (Å²) < 4.78 is 6.22. The summed E-state index contributed by atoms with van der Waals surface area (Å²) >= 11 is 3.52. The zero-order chi connectivity index (χ0) is 15.1. The number of para-hydroxylation sites is 1. The largest absolute Gasteiger partial charge is 0.464 e. The smallest absolute Gasteiger partial charge is 0.328 e. The molecule has 4 heteroatoms. The number of rotatable bonds is 6. The lowest BCUT2D eigenvalue weighted by Crippen LogP contribution is -2.34. The summed E-state index contributed by atoms with van der Waals surface area (Å²) in [6.45, 7) is 2.28. The fourth-order valence-electron chi connectivity index (χ4n) is 2.98. The molecule has 0 radical (unpaired) electrons. The molecule has 1 fully saturated rings. The second kappa shape index (κ2) is 8.42. The van der Waals surface area contributed by atoms with E-state index >= 15 is 0 Å². The zero-order valence-corrected chi connectivity index (χ0v) is 14.2. The summed E-state index contributed by atoms with van der Waals surface area (Å²) in [4.78, 5) is 12.2. The van der Waals surface area contributed by atoms with Gasteiger partial charge >= 0.3 is 5.97 Å². The van der Waals surface area contributed by atoms with Crippen molar-refractivity contribution in [3.8, 4) is 0 Å². The van der Waals surface area contributed by atoms with Crippen molar-refractivity contribution in [3.63, 3.8) is 0 Å². The highest BCUT2D eigenvalue weighted by Crippen LogP contribution is 2.30. The van der Waals surface area contributed by atoms with Gasteiger partial charge in [0.1, 0.15) is 6.04 Å². The van der Waals surface area contributed by atoms with Gasteiger partial charge in [-0.1, -0.05) is 44.2 Å². The molecular formula is C17H24BrNO2. The number of anilines is 1. The number of esters is 1. The van der Waals surface area contributed by atoms with Gasteiger partial charge in [0.25, 0.3) is 0 Å². The molecule has 0 saturated heterocycles. The first-order chi connectivity index (χ1) is 10.2. The maximum absolute atomic E-state index is 12.2. The normalized spacial score (nSPS) is 17.2. The third kappa shape index (κ3) is 5.03. The molecule has 1 saturated carbocycles. The van der Waals surface area contributed by atoms with Crippen LogP contribution in [0.4, 0.5) is 5.69 Å². The van der Waals surface area contributed by atoms with E-state index in [1.165, 1.54) is 32.1 Å². The molecule has 1 aromatic rings. The first-order valence-corrected chi connectivity index (χ1v) is 8.67. The molecule has 0 spiro atoms. The number of hydrogen-bond donors (Lipinski definition) is 1. The van der Waals surface area contributed by atoms with E-state index in [1.807, 2.05) is 31.2 Å². The van der Waals surface area contributed by atoms with Gasteiger partial charge in [-0.15, -0.1) is 0 Å². The van der Waals surface area contributed by atoms with Gasteiger partial charge in [-0.3, -0.25) is 0 Å². The molecule has 0 bridgehead atoms. The first kappa shape index (κ1) is 16.3. The van der Waals surface area contributed by atoms with E-state index in [1.54, 1.807) is 0 Å². The highest BCUT2D eigenvalue weighted by Gasteiger charge is 2.25. The van der Waals surface area contributed by atoms with Gasteiger partial charge in [-0.05, 0) is 47.3 Å². The number of ether oxygens (including phenoxy) is 1. The fourth-order valence-corrected chi connectivity index (χ4v) is 3.38. The van der Waals surface area contributed by atoms with Crippen molar-refractivity contribution in [2.45, 2.75) is 51.5 Å². The Labute approximate surface area is 135 Å². The van der Waals surface area contributed by atoms with Crippen molar-refractivity contribution < 1.29 is 9.53 Å². The Morgan fingerprint density at radius 1 is 1.33 bits per heavy atom. The number of benzene rings is 1. The predicted molar refractivity (Wildman–Crippen MR) is 89.4 cm³/mol. The Kier molecular flexibility index (Phi) is 6.55. The lowest BCUT2D eigenvalue weighted by Gasteiger charge is -2.27. The van der Waals surface area contributed by atoms with E-state index in [4.69, 9.17) is 4.74 Å². The minimum absolute atomic E-state index is 0.140. The molecule has 116 valence electrons. The zero-order valence-electron chi connectivity index (χ0n) is 12.6. The summed E-state index contributed by atoms with van der Waals surface area (Å²) in [5, 5.41) is 3.36. The van der Waals surface area contributed by atoms with Crippen LogP contribution in [0.15, 0.2) is 28.7 Å². The lowest BCUT2D eigenvalue weighted by atomic mass is 9.85. The van der Waals surface area contributed by atoms with Gasteiger partial charge in [-0.2, -0.15) is 0 Å². The van der Waals surface area contributed by atoms with Crippen molar-refractivity contribution in [1.82, 2.24) is 0 Å². The molecule has 1 aliphatic carbocycles. The predicted octanol–water partition coefficient (Wildman–Crippen LogP) is 4.76. The van der Waals surface area contributed by atoms with E-state index in [9.17, 15) is 4.79 Å². The van der Waals surface area contributed by atoms with Crippen LogP contribution < -0.4 is 5.32 Å². The Bertz CT molecular complexity index is 458. The van der Waals surface area contributed by atoms with E-state index in [0.29, 0.717) is 12.5 Å². The Morgan fingerprint density at radius 2 is 2.05 bits per heavy atom. The molecule has 1 N–H and O–H groups in total. The molecule has 1 aromatic carbocycles. The minimum Gasteiger partial charge on any atom is -0.464 e. The van der Waals surface area contributed by atoms with Gasteiger partial charge in [0.05, 0.1) is 6.61 Å².